The fourth-order valence-electron chi connectivity index (χ4n) is 3.91. The first-order valence-corrected chi connectivity index (χ1v) is 13.7. The molecule has 0 fully saturated rings. The number of thiocarbonyl (C=S) groups is 1. The maximum absolute atomic E-state index is 13.2. The highest BCUT2D eigenvalue weighted by Gasteiger charge is 2.30. The van der Waals surface area contributed by atoms with Crippen LogP contribution in [0.25, 0.3) is 0 Å². The minimum Gasteiger partial charge on any atom is -0.493 e. The van der Waals surface area contributed by atoms with Crippen LogP contribution in [-0.4, -0.2) is 32.6 Å². The number of benzene rings is 3. The standard InChI is InChI=1S/C27H29N3O4S2/c1-19(2)16-18-34-25-10-6-4-8-23(25)26(31)29-27(35)28-21-11-13-22(14-12-21)36(32,33)30-17-15-20-7-3-5-9-24(20)30/h3-14,19H,15-18H2,1-2H3,(H2,28,29,31,35). The third kappa shape index (κ3) is 5.85. The molecular formula is C27H29N3O4S2. The molecule has 0 atom stereocenters. The average Bonchev–Trinajstić information content (AvgIpc) is 3.29. The van der Waals surface area contributed by atoms with Crippen molar-refractivity contribution in [2.45, 2.75) is 31.6 Å². The van der Waals surface area contributed by atoms with Crippen LogP contribution in [0.5, 0.6) is 5.75 Å². The summed E-state index contributed by atoms with van der Waals surface area (Å²) in [5.74, 6) is 0.603. The second-order valence-corrected chi connectivity index (χ2v) is 11.2. The molecule has 1 amide bonds. The summed E-state index contributed by atoms with van der Waals surface area (Å²) in [6.45, 7) is 5.16. The number of amides is 1. The van der Waals surface area contributed by atoms with E-state index in [1.807, 2.05) is 30.3 Å². The summed E-state index contributed by atoms with van der Waals surface area (Å²) in [5, 5.41) is 5.69. The van der Waals surface area contributed by atoms with Gasteiger partial charge in [-0.25, -0.2) is 8.42 Å². The van der Waals surface area contributed by atoms with Crippen LogP contribution < -0.4 is 19.7 Å². The monoisotopic (exact) mass is 523 g/mol. The molecule has 0 aliphatic carbocycles. The van der Waals surface area contributed by atoms with Crippen molar-refractivity contribution in [1.29, 1.82) is 0 Å². The van der Waals surface area contributed by atoms with Crippen LogP contribution in [0.15, 0.2) is 77.7 Å². The van der Waals surface area contributed by atoms with Crippen molar-refractivity contribution in [2.24, 2.45) is 5.92 Å². The molecule has 4 rings (SSSR count). The molecule has 2 N–H and O–H groups in total. The minimum absolute atomic E-state index is 0.0982. The van der Waals surface area contributed by atoms with E-state index >= 15 is 0 Å². The molecule has 1 heterocycles. The zero-order valence-electron chi connectivity index (χ0n) is 20.2. The van der Waals surface area contributed by atoms with Crippen molar-refractivity contribution in [2.75, 3.05) is 22.8 Å². The van der Waals surface area contributed by atoms with E-state index < -0.39 is 10.0 Å². The van der Waals surface area contributed by atoms with E-state index in [1.165, 1.54) is 16.4 Å². The summed E-state index contributed by atoms with van der Waals surface area (Å²) in [6.07, 6.45) is 1.57. The van der Waals surface area contributed by atoms with E-state index in [1.54, 1.807) is 30.3 Å². The molecule has 7 nitrogen and oxygen atoms in total. The first-order valence-electron chi connectivity index (χ1n) is 11.8. The number of carbonyl (C=O) groups is 1. The van der Waals surface area contributed by atoms with E-state index in [0.29, 0.717) is 42.5 Å². The molecule has 3 aromatic rings. The van der Waals surface area contributed by atoms with Gasteiger partial charge < -0.3 is 10.1 Å². The third-order valence-electron chi connectivity index (χ3n) is 5.86. The van der Waals surface area contributed by atoms with Crippen LogP contribution >= 0.6 is 12.2 Å². The van der Waals surface area contributed by atoms with E-state index in [2.05, 4.69) is 24.5 Å². The Labute approximate surface area is 217 Å². The second kappa shape index (κ2) is 11.1. The molecular weight excluding hydrogens is 494 g/mol. The summed E-state index contributed by atoms with van der Waals surface area (Å²) < 4.78 is 33.6. The van der Waals surface area contributed by atoms with Gasteiger partial charge in [-0.15, -0.1) is 0 Å². The lowest BCUT2D eigenvalue weighted by Crippen LogP contribution is -2.34. The number of nitrogens with zero attached hydrogens (tertiary/aromatic N) is 1. The molecule has 188 valence electrons. The van der Waals surface area contributed by atoms with Gasteiger partial charge in [0.25, 0.3) is 15.9 Å². The summed E-state index contributed by atoms with van der Waals surface area (Å²) in [5.41, 5.74) is 2.68. The predicted octanol–water partition coefficient (Wildman–Crippen LogP) is 4.99. The number of hydrogen-bond donors (Lipinski definition) is 2. The van der Waals surface area contributed by atoms with E-state index in [0.717, 1.165) is 17.7 Å². The molecule has 3 aromatic carbocycles. The molecule has 36 heavy (non-hydrogen) atoms. The van der Waals surface area contributed by atoms with Gasteiger partial charge in [-0.3, -0.25) is 14.4 Å². The van der Waals surface area contributed by atoms with Gasteiger partial charge in [-0.1, -0.05) is 44.2 Å². The van der Waals surface area contributed by atoms with Crippen LogP contribution in [0.2, 0.25) is 0 Å². The molecule has 0 spiro atoms. The molecule has 1 aliphatic heterocycles. The molecule has 0 saturated carbocycles. The fraction of sp³-hybridized carbons (Fsp3) is 0.259. The molecule has 9 heteroatoms. The van der Waals surface area contributed by atoms with E-state index in [4.69, 9.17) is 17.0 Å². The van der Waals surface area contributed by atoms with Crippen molar-refractivity contribution >= 4 is 44.6 Å². The Morgan fingerprint density at radius 3 is 2.47 bits per heavy atom. The highest BCUT2D eigenvalue weighted by Crippen LogP contribution is 2.32. The number of anilines is 2. The van der Waals surface area contributed by atoms with Crippen LogP contribution in [0.1, 0.15) is 36.2 Å². The van der Waals surface area contributed by atoms with Crippen molar-refractivity contribution in [3.05, 3.63) is 83.9 Å². The van der Waals surface area contributed by atoms with Gasteiger partial charge in [-0.2, -0.15) is 0 Å². The van der Waals surface area contributed by atoms with Gasteiger partial charge in [0, 0.05) is 12.2 Å². The molecule has 0 aromatic heterocycles. The number of sulfonamides is 1. The van der Waals surface area contributed by atoms with E-state index in [-0.39, 0.29) is 15.9 Å². The third-order valence-corrected chi connectivity index (χ3v) is 7.89. The maximum atomic E-state index is 13.2. The van der Waals surface area contributed by atoms with Crippen LogP contribution in [0.4, 0.5) is 11.4 Å². The minimum atomic E-state index is -3.68. The summed E-state index contributed by atoms with van der Waals surface area (Å²) in [4.78, 5) is 13.0. The van der Waals surface area contributed by atoms with Crippen molar-refractivity contribution in [1.82, 2.24) is 5.32 Å². The second-order valence-electron chi connectivity index (χ2n) is 8.92. The number of rotatable bonds is 8. The van der Waals surface area contributed by atoms with Gasteiger partial charge in [0.1, 0.15) is 5.75 Å². The SMILES string of the molecule is CC(C)CCOc1ccccc1C(=O)NC(=S)Nc1ccc(S(=O)(=O)N2CCc3ccccc32)cc1. The van der Waals surface area contributed by atoms with Gasteiger partial charge in [0.05, 0.1) is 22.8 Å². The Kier molecular flexibility index (Phi) is 7.91. The predicted molar refractivity (Wildman–Crippen MR) is 146 cm³/mol. The Bertz CT molecular complexity index is 1360. The van der Waals surface area contributed by atoms with Gasteiger partial charge in [0.2, 0.25) is 0 Å². The number of hydrogen-bond acceptors (Lipinski definition) is 5. The summed E-state index contributed by atoms with van der Waals surface area (Å²) >= 11 is 5.30. The lowest BCUT2D eigenvalue weighted by Gasteiger charge is -2.20. The number of fused-ring (bicyclic) bond motifs is 1. The Morgan fingerprint density at radius 1 is 1.03 bits per heavy atom. The number of para-hydroxylation sites is 2. The molecule has 0 unspecified atom stereocenters. The Balaban J connectivity index is 1.39. The molecule has 1 aliphatic rings. The number of ether oxygens (including phenoxy) is 1. The lowest BCUT2D eigenvalue weighted by molar-refractivity contribution is 0.0973. The molecule has 0 bridgehead atoms. The Hall–Kier alpha value is -3.43. The highest BCUT2D eigenvalue weighted by molar-refractivity contribution is 7.92. The zero-order chi connectivity index (χ0) is 25.7. The maximum Gasteiger partial charge on any atom is 0.264 e. The first kappa shape index (κ1) is 25.7. The summed E-state index contributed by atoms with van der Waals surface area (Å²) in [7, 11) is -3.68. The van der Waals surface area contributed by atoms with Gasteiger partial charge in [0.15, 0.2) is 5.11 Å². The lowest BCUT2D eigenvalue weighted by atomic mass is 10.1. The molecule has 0 radical (unpaired) electrons. The Morgan fingerprint density at radius 2 is 1.72 bits per heavy atom. The van der Waals surface area contributed by atoms with Crippen LogP contribution in [0.3, 0.4) is 0 Å². The smallest absolute Gasteiger partial charge is 0.264 e. The number of carbonyl (C=O) groups excluding carboxylic acids is 1. The number of nitrogens with one attached hydrogen (secondary N) is 2. The van der Waals surface area contributed by atoms with Crippen LogP contribution in [-0.2, 0) is 16.4 Å². The van der Waals surface area contributed by atoms with Gasteiger partial charge >= 0.3 is 0 Å². The fourth-order valence-corrected chi connectivity index (χ4v) is 5.63. The largest absolute Gasteiger partial charge is 0.493 e. The quantitative estimate of drug-likeness (QED) is 0.405. The van der Waals surface area contributed by atoms with Crippen molar-refractivity contribution < 1.29 is 17.9 Å². The topological polar surface area (TPSA) is 87.7 Å². The zero-order valence-corrected chi connectivity index (χ0v) is 21.9. The average molecular weight is 524 g/mol. The van der Waals surface area contributed by atoms with Crippen LogP contribution in [0, 0.1) is 5.92 Å². The highest BCUT2D eigenvalue weighted by atomic mass is 32.2. The summed E-state index contributed by atoms with van der Waals surface area (Å²) in [6, 6.07) is 20.8. The van der Waals surface area contributed by atoms with E-state index in [9.17, 15) is 13.2 Å². The van der Waals surface area contributed by atoms with Gasteiger partial charge in [-0.05, 0) is 79.0 Å². The molecule has 0 saturated heterocycles. The first-order chi connectivity index (χ1) is 17.3. The van der Waals surface area contributed by atoms with Crippen molar-refractivity contribution in [3.8, 4) is 5.75 Å². The van der Waals surface area contributed by atoms with Crippen molar-refractivity contribution in [3.63, 3.8) is 0 Å². The normalized spacial score (nSPS) is 12.8.